The molecule has 0 bridgehead atoms. The molecule has 19 heavy (non-hydrogen) atoms. The number of aromatic amines is 1. The lowest BCUT2D eigenvalue weighted by Gasteiger charge is -2.23. The quantitative estimate of drug-likeness (QED) is 0.852. The second-order valence-electron chi connectivity index (χ2n) is 5.21. The molecule has 2 aromatic rings. The van der Waals surface area contributed by atoms with Gasteiger partial charge in [-0.15, -0.1) is 0 Å². The summed E-state index contributed by atoms with van der Waals surface area (Å²) < 4.78 is 11.4. The molecule has 1 heterocycles. The maximum absolute atomic E-state index is 12.0. The maximum Gasteiger partial charge on any atom is 0.342 e. The Hall–Kier alpha value is -1.49. The van der Waals surface area contributed by atoms with Gasteiger partial charge in [0, 0.05) is 16.1 Å². The number of rotatable bonds is 2. The van der Waals surface area contributed by atoms with E-state index in [4.69, 9.17) is 9.47 Å². The fraction of sp³-hybridized carbons (Fsp3) is 0.357. The first-order valence-corrected chi connectivity index (χ1v) is 6.69. The van der Waals surface area contributed by atoms with E-state index in [1.807, 2.05) is 39.1 Å². The Morgan fingerprint density at radius 1 is 1.37 bits per heavy atom. The number of methoxy groups -OCH3 is 1. The van der Waals surface area contributed by atoms with Gasteiger partial charge in [-0.3, -0.25) is 0 Å². The molecule has 0 atom stereocenters. The summed E-state index contributed by atoms with van der Waals surface area (Å²) in [6.07, 6.45) is 1.81. The summed E-state index contributed by atoms with van der Waals surface area (Å²) in [5.41, 5.74) is 0.771. The Bertz CT molecular complexity index is 625. The number of hydrogen-bond acceptors (Lipinski definition) is 3. The Kier molecular flexibility index (Phi) is 3.58. The molecule has 0 amide bonds. The number of hydrogen-bond donors (Lipinski definition) is 1. The number of fused-ring (bicyclic) bond motifs is 1. The molecule has 1 aromatic carbocycles. The van der Waals surface area contributed by atoms with E-state index in [-0.39, 0.29) is 0 Å². The first kappa shape index (κ1) is 13.9. The summed E-state index contributed by atoms with van der Waals surface area (Å²) in [5, 5.41) is 0.971. The number of carbonyl (C=O) groups excluding carboxylic acids is 1. The zero-order valence-corrected chi connectivity index (χ0v) is 12.9. The fourth-order valence-corrected chi connectivity index (χ4v) is 2.43. The lowest BCUT2D eigenvalue weighted by molar-refractivity contribution is 0.0586. The van der Waals surface area contributed by atoms with Crippen LogP contribution < -0.4 is 4.74 Å². The zero-order chi connectivity index (χ0) is 14.2. The third-order valence-corrected chi connectivity index (χ3v) is 3.18. The number of H-pyrrole nitrogens is 1. The van der Waals surface area contributed by atoms with Gasteiger partial charge in [0.1, 0.15) is 11.2 Å². The molecule has 5 heteroatoms. The average Bonchev–Trinajstić information content (AvgIpc) is 2.74. The van der Waals surface area contributed by atoms with Crippen molar-refractivity contribution >= 4 is 32.8 Å². The van der Waals surface area contributed by atoms with Gasteiger partial charge < -0.3 is 14.5 Å². The van der Waals surface area contributed by atoms with Crippen molar-refractivity contribution in [2.45, 2.75) is 26.4 Å². The number of benzene rings is 1. The monoisotopic (exact) mass is 325 g/mol. The SMILES string of the molecule is COC(=O)c1c(Br)cc2cc[nH]c2c1OC(C)(C)C. The minimum Gasteiger partial charge on any atom is -0.485 e. The van der Waals surface area contributed by atoms with Crippen molar-refractivity contribution < 1.29 is 14.3 Å². The number of esters is 1. The summed E-state index contributed by atoms with van der Waals surface area (Å²) in [7, 11) is 1.36. The van der Waals surface area contributed by atoms with Crippen LogP contribution in [0.5, 0.6) is 5.75 Å². The Balaban J connectivity index is 2.73. The van der Waals surface area contributed by atoms with Gasteiger partial charge in [0.05, 0.1) is 12.6 Å². The van der Waals surface area contributed by atoms with E-state index in [1.165, 1.54) is 7.11 Å². The van der Waals surface area contributed by atoms with Crippen molar-refractivity contribution in [2.75, 3.05) is 7.11 Å². The average molecular weight is 326 g/mol. The highest BCUT2D eigenvalue weighted by atomic mass is 79.9. The largest absolute Gasteiger partial charge is 0.485 e. The van der Waals surface area contributed by atoms with E-state index in [9.17, 15) is 4.79 Å². The zero-order valence-electron chi connectivity index (χ0n) is 11.3. The smallest absolute Gasteiger partial charge is 0.342 e. The predicted octanol–water partition coefficient (Wildman–Crippen LogP) is 3.89. The molecule has 0 aliphatic rings. The summed E-state index contributed by atoms with van der Waals surface area (Å²) in [5.74, 6) is 0.0800. The molecule has 4 nitrogen and oxygen atoms in total. The lowest BCUT2D eigenvalue weighted by atomic mass is 10.1. The van der Waals surface area contributed by atoms with Crippen LogP contribution in [0.2, 0.25) is 0 Å². The number of halogens is 1. The van der Waals surface area contributed by atoms with Gasteiger partial charge in [-0.1, -0.05) is 0 Å². The molecule has 2 rings (SSSR count). The number of aromatic nitrogens is 1. The highest BCUT2D eigenvalue weighted by Gasteiger charge is 2.25. The predicted molar refractivity (Wildman–Crippen MR) is 77.7 cm³/mol. The molecule has 1 N–H and O–H groups in total. The van der Waals surface area contributed by atoms with Crippen molar-refractivity contribution in [1.29, 1.82) is 0 Å². The molecule has 0 aliphatic carbocycles. The number of ether oxygens (including phenoxy) is 2. The van der Waals surface area contributed by atoms with E-state index in [2.05, 4.69) is 20.9 Å². The standard InChI is InChI=1S/C14H16BrNO3/c1-14(2,3)19-12-10(13(17)18-4)9(15)7-8-5-6-16-11(8)12/h5-7,16H,1-4H3. The van der Waals surface area contributed by atoms with Crippen molar-refractivity contribution in [3.8, 4) is 5.75 Å². The molecular formula is C14H16BrNO3. The van der Waals surface area contributed by atoms with Crippen LogP contribution >= 0.6 is 15.9 Å². The number of carbonyl (C=O) groups is 1. The van der Waals surface area contributed by atoms with Gasteiger partial charge in [0.25, 0.3) is 0 Å². The van der Waals surface area contributed by atoms with Crippen molar-refractivity contribution in [2.24, 2.45) is 0 Å². The molecule has 102 valence electrons. The molecule has 0 saturated carbocycles. The Morgan fingerprint density at radius 3 is 2.63 bits per heavy atom. The van der Waals surface area contributed by atoms with Gasteiger partial charge >= 0.3 is 5.97 Å². The topological polar surface area (TPSA) is 51.3 Å². The van der Waals surface area contributed by atoms with Gasteiger partial charge in [-0.05, 0) is 48.8 Å². The van der Waals surface area contributed by atoms with Crippen LogP contribution in [0.3, 0.4) is 0 Å². The highest BCUT2D eigenvalue weighted by Crippen LogP contribution is 2.37. The summed E-state index contributed by atoms with van der Waals surface area (Å²) in [4.78, 5) is 15.1. The van der Waals surface area contributed by atoms with Crippen LogP contribution in [-0.4, -0.2) is 23.7 Å². The van der Waals surface area contributed by atoms with Crippen LogP contribution in [-0.2, 0) is 4.74 Å². The molecular weight excluding hydrogens is 310 g/mol. The second-order valence-corrected chi connectivity index (χ2v) is 6.06. The molecule has 0 unspecified atom stereocenters. The van der Waals surface area contributed by atoms with Crippen molar-refractivity contribution in [3.63, 3.8) is 0 Å². The molecule has 0 radical (unpaired) electrons. The minimum atomic E-state index is -0.428. The van der Waals surface area contributed by atoms with Crippen LogP contribution in [0.4, 0.5) is 0 Å². The van der Waals surface area contributed by atoms with Gasteiger partial charge in [0.2, 0.25) is 0 Å². The Morgan fingerprint density at radius 2 is 2.05 bits per heavy atom. The maximum atomic E-state index is 12.0. The summed E-state index contributed by atoms with van der Waals surface area (Å²) >= 11 is 3.41. The third kappa shape index (κ3) is 2.76. The van der Waals surface area contributed by atoms with Crippen molar-refractivity contribution in [3.05, 3.63) is 28.4 Å². The summed E-state index contributed by atoms with van der Waals surface area (Å²) in [6.45, 7) is 5.80. The van der Waals surface area contributed by atoms with Crippen LogP contribution in [0.1, 0.15) is 31.1 Å². The van der Waals surface area contributed by atoms with Crippen molar-refractivity contribution in [1.82, 2.24) is 4.98 Å². The van der Waals surface area contributed by atoms with Gasteiger partial charge in [-0.25, -0.2) is 4.79 Å². The highest BCUT2D eigenvalue weighted by molar-refractivity contribution is 9.10. The first-order valence-electron chi connectivity index (χ1n) is 5.90. The molecule has 0 aliphatic heterocycles. The van der Waals surface area contributed by atoms with E-state index in [1.54, 1.807) is 0 Å². The first-order chi connectivity index (χ1) is 8.83. The molecule has 1 aromatic heterocycles. The van der Waals surface area contributed by atoms with Crippen LogP contribution in [0.15, 0.2) is 22.8 Å². The van der Waals surface area contributed by atoms with E-state index in [0.717, 1.165) is 10.9 Å². The van der Waals surface area contributed by atoms with E-state index < -0.39 is 11.6 Å². The molecule has 0 fully saturated rings. The summed E-state index contributed by atoms with van der Waals surface area (Å²) in [6, 6.07) is 3.80. The third-order valence-electron chi connectivity index (χ3n) is 2.55. The second kappa shape index (κ2) is 4.89. The van der Waals surface area contributed by atoms with Gasteiger partial charge in [0.15, 0.2) is 5.75 Å². The lowest BCUT2D eigenvalue weighted by Crippen LogP contribution is -2.24. The van der Waals surface area contributed by atoms with E-state index in [0.29, 0.717) is 15.8 Å². The molecule has 0 saturated heterocycles. The normalized spacial score (nSPS) is 11.6. The van der Waals surface area contributed by atoms with Gasteiger partial charge in [-0.2, -0.15) is 0 Å². The number of nitrogens with one attached hydrogen (secondary N) is 1. The Labute approximate surface area is 120 Å². The van der Waals surface area contributed by atoms with E-state index >= 15 is 0 Å². The van der Waals surface area contributed by atoms with Crippen LogP contribution in [0.25, 0.3) is 10.9 Å². The van der Waals surface area contributed by atoms with Crippen LogP contribution in [0, 0.1) is 0 Å². The fourth-order valence-electron chi connectivity index (χ4n) is 1.84. The minimum absolute atomic E-state index is 0.396. The molecule has 0 spiro atoms.